The average Bonchev–Trinajstić information content (AvgIpc) is 3.33. The molecule has 0 aromatic carbocycles. The molecule has 3 aromatic rings. The third-order valence-corrected chi connectivity index (χ3v) is 4.51. The molecule has 4 rings (SSSR count). The van der Waals surface area contributed by atoms with Crippen molar-refractivity contribution in [3.63, 3.8) is 0 Å². The van der Waals surface area contributed by atoms with E-state index in [9.17, 15) is 22.7 Å². The normalized spacial score (nSPS) is 22.7. The summed E-state index contributed by atoms with van der Waals surface area (Å²) in [4.78, 5) is 8.08. The van der Waals surface area contributed by atoms with Crippen LogP contribution in [0.5, 0.6) is 5.88 Å². The van der Waals surface area contributed by atoms with Crippen LogP contribution in [-0.2, 0) is 0 Å². The average molecular weight is 400 g/mol. The standard InChI is InChI=1S/C16H16F4N6O2/c17-14-8(1-2-10(14)27)9-5-11(25-24-9)22-15-21-4-3-12-23-13(6-26(12)15)28-7-16(18,19)20/h3-6,8,10,14,27H,1-2,7H2,(H2,21,22,24,25)/t8-,10-,14-/m0/s1. The summed E-state index contributed by atoms with van der Waals surface area (Å²) < 4.78 is 57.0. The Balaban J connectivity index is 1.53. The second-order valence-electron chi connectivity index (χ2n) is 6.51. The van der Waals surface area contributed by atoms with Gasteiger partial charge in [0.25, 0.3) is 0 Å². The Kier molecular flexibility index (Phi) is 4.57. The van der Waals surface area contributed by atoms with Crippen LogP contribution in [0.2, 0.25) is 0 Å². The summed E-state index contributed by atoms with van der Waals surface area (Å²) in [5.74, 6) is -0.0862. The number of rotatable bonds is 5. The summed E-state index contributed by atoms with van der Waals surface area (Å²) in [5.41, 5.74) is 0.867. The number of fused-ring (bicyclic) bond motifs is 1. The monoisotopic (exact) mass is 400 g/mol. The van der Waals surface area contributed by atoms with E-state index in [0.717, 1.165) is 0 Å². The smallest absolute Gasteiger partial charge is 0.422 e. The van der Waals surface area contributed by atoms with Crippen molar-refractivity contribution in [2.45, 2.75) is 37.2 Å². The molecule has 0 unspecified atom stereocenters. The van der Waals surface area contributed by atoms with E-state index in [1.165, 1.54) is 22.9 Å². The lowest BCUT2D eigenvalue weighted by Gasteiger charge is -2.11. The van der Waals surface area contributed by atoms with Gasteiger partial charge in [-0.15, -0.1) is 0 Å². The number of H-pyrrole nitrogens is 1. The Morgan fingerprint density at radius 2 is 2.18 bits per heavy atom. The second-order valence-corrected chi connectivity index (χ2v) is 6.51. The van der Waals surface area contributed by atoms with Crippen molar-refractivity contribution in [3.8, 4) is 5.88 Å². The number of aromatic nitrogens is 5. The number of aliphatic hydroxyl groups is 1. The predicted molar refractivity (Wildman–Crippen MR) is 89.3 cm³/mol. The topological polar surface area (TPSA) is 100 Å². The van der Waals surface area contributed by atoms with E-state index in [1.54, 1.807) is 6.07 Å². The molecule has 1 aliphatic rings. The molecule has 8 nitrogen and oxygen atoms in total. The largest absolute Gasteiger partial charge is 0.467 e. The lowest BCUT2D eigenvalue weighted by molar-refractivity contribution is -0.154. The number of nitrogens with one attached hydrogen (secondary N) is 2. The van der Waals surface area contributed by atoms with E-state index < -0.39 is 31.0 Å². The summed E-state index contributed by atoms with van der Waals surface area (Å²) in [5, 5.41) is 19.3. The Labute approximate surface area is 155 Å². The molecule has 0 radical (unpaired) electrons. The van der Waals surface area contributed by atoms with Gasteiger partial charge in [-0.1, -0.05) is 0 Å². The number of hydrogen-bond acceptors (Lipinski definition) is 6. The van der Waals surface area contributed by atoms with E-state index in [-0.39, 0.29) is 11.8 Å². The first-order valence-corrected chi connectivity index (χ1v) is 8.48. The maximum atomic E-state index is 14.0. The van der Waals surface area contributed by atoms with E-state index in [0.29, 0.717) is 30.0 Å². The van der Waals surface area contributed by atoms with Gasteiger partial charge in [0.05, 0.1) is 12.3 Å². The van der Waals surface area contributed by atoms with Gasteiger partial charge >= 0.3 is 6.18 Å². The highest BCUT2D eigenvalue weighted by atomic mass is 19.4. The summed E-state index contributed by atoms with van der Waals surface area (Å²) in [6.45, 7) is -1.45. The molecule has 1 aliphatic carbocycles. The molecule has 3 atom stereocenters. The molecule has 0 bridgehead atoms. The number of alkyl halides is 4. The predicted octanol–water partition coefficient (Wildman–Crippen LogP) is 2.71. The first-order valence-electron chi connectivity index (χ1n) is 8.48. The van der Waals surface area contributed by atoms with Gasteiger partial charge < -0.3 is 15.2 Å². The third-order valence-electron chi connectivity index (χ3n) is 4.51. The van der Waals surface area contributed by atoms with E-state index >= 15 is 0 Å². The minimum Gasteiger partial charge on any atom is -0.467 e. The molecule has 1 fully saturated rings. The van der Waals surface area contributed by atoms with E-state index in [2.05, 4.69) is 30.2 Å². The van der Waals surface area contributed by atoms with Crippen LogP contribution in [-0.4, -0.2) is 54.7 Å². The van der Waals surface area contributed by atoms with Crippen LogP contribution in [0.3, 0.4) is 0 Å². The van der Waals surface area contributed by atoms with Gasteiger partial charge in [-0.05, 0) is 18.9 Å². The number of imidazole rings is 1. The zero-order valence-electron chi connectivity index (χ0n) is 14.3. The molecular formula is C16H16F4N6O2. The maximum Gasteiger partial charge on any atom is 0.422 e. The fourth-order valence-corrected chi connectivity index (χ4v) is 3.18. The van der Waals surface area contributed by atoms with Gasteiger partial charge in [0.15, 0.2) is 12.4 Å². The van der Waals surface area contributed by atoms with Gasteiger partial charge in [0.1, 0.15) is 11.8 Å². The van der Waals surface area contributed by atoms with Crippen LogP contribution in [0, 0.1) is 0 Å². The minimum atomic E-state index is -4.47. The van der Waals surface area contributed by atoms with Crippen molar-refractivity contribution in [1.29, 1.82) is 0 Å². The molecule has 0 amide bonds. The zero-order chi connectivity index (χ0) is 19.9. The molecule has 3 aromatic heterocycles. The summed E-state index contributed by atoms with van der Waals surface area (Å²) in [6, 6.07) is 3.11. The maximum absolute atomic E-state index is 14.0. The Bertz CT molecular complexity index is 972. The molecule has 28 heavy (non-hydrogen) atoms. The first-order chi connectivity index (χ1) is 13.3. The molecule has 12 heteroatoms. The van der Waals surface area contributed by atoms with Crippen LogP contribution in [0.4, 0.5) is 29.3 Å². The Morgan fingerprint density at radius 3 is 2.89 bits per heavy atom. The number of nitrogens with zero attached hydrogens (tertiary/aromatic N) is 4. The lowest BCUT2D eigenvalue weighted by atomic mass is 10.0. The molecule has 1 saturated carbocycles. The number of aromatic amines is 1. The first kappa shape index (κ1) is 18.5. The van der Waals surface area contributed by atoms with Gasteiger partial charge in [0.2, 0.25) is 11.8 Å². The highest BCUT2D eigenvalue weighted by Gasteiger charge is 2.37. The summed E-state index contributed by atoms with van der Waals surface area (Å²) >= 11 is 0. The molecule has 150 valence electrons. The number of hydrogen-bond donors (Lipinski definition) is 3. The van der Waals surface area contributed by atoms with Crippen LogP contribution < -0.4 is 10.1 Å². The molecular weight excluding hydrogens is 384 g/mol. The van der Waals surface area contributed by atoms with Crippen molar-refractivity contribution in [2.24, 2.45) is 0 Å². The van der Waals surface area contributed by atoms with E-state index in [4.69, 9.17) is 0 Å². The van der Waals surface area contributed by atoms with Crippen molar-refractivity contribution in [1.82, 2.24) is 24.6 Å². The summed E-state index contributed by atoms with van der Waals surface area (Å²) in [7, 11) is 0. The van der Waals surface area contributed by atoms with Gasteiger partial charge in [0, 0.05) is 23.9 Å². The number of aliphatic hydroxyl groups excluding tert-OH is 1. The highest BCUT2D eigenvalue weighted by molar-refractivity contribution is 5.54. The zero-order valence-corrected chi connectivity index (χ0v) is 14.3. The SMILES string of the molecule is O[C@H]1CC[C@@H](c2cc(Nc3nccc4nc(OCC(F)(F)F)cn34)n[nH]2)[C@@H]1F. The highest BCUT2D eigenvalue weighted by Crippen LogP contribution is 2.37. The van der Waals surface area contributed by atoms with Gasteiger partial charge in [-0.3, -0.25) is 9.50 Å². The number of anilines is 2. The Morgan fingerprint density at radius 1 is 1.36 bits per heavy atom. The fourth-order valence-electron chi connectivity index (χ4n) is 3.18. The van der Waals surface area contributed by atoms with Gasteiger partial charge in [-0.2, -0.15) is 23.3 Å². The van der Waals surface area contributed by atoms with Crippen molar-refractivity contribution in [2.75, 3.05) is 11.9 Å². The number of halogens is 4. The van der Waals surface area contributed by atoms with Crippen LogP contribution in [0.25, 0.3) is 5.65 Å². The third kappa shape index (κ3) is 3.72. The number of ether oxygens (including phenoxy) is 1. The molecule has 0 saturated heterocycles. The fraction of sp³-hybridized carbons (Fsp3) is 0.438. The van der Waals surface area contributed by atoms with Crippen LogP contribution in [0.15, 0.2) is 24.5 Å². The summed E-state index contributed by atoms with van der Waals surface area (Å²) in [6.07, 6.45) is -3.24. The Hall–Kier alpha value is -2.89. The van der Waals surface area contributed by atoms with Crippen molar-refractivity contribution < 1.29 is 27.4 Å². The van der Waals surface area contributed by atoms with Crippen LogP contribution >= 0.6 is 0 Å². The van der Waals surface area contributed by atoms with Gasteiger partial charge in [-0.25, -0.2) is 9.37 Å². The molecule has 3 N–H and O–H groups in total. The van der Waals surface area contributed by atoms with Crippen molar-refractivity contribution in [3.05, 3.63) is 30.2 Å². The molecule has 0 aliphatic heterocycles. The van der Waals surface area contributed by atoms with Crippen LogP contribution in [0.1, 0.15) is 24.5 Å². The second kappa shape index (κ2) is 6.93. The lowest BCUT2D eigenvalue weighted by Crippen LogP contribution is -2.19. The minimum absolute atomic E-state index is 0.198. The molecule has 3 heterocycles. The van der Waals surface area contributed by atoms with E-state index in [1.807, 2.05) is 0 Å². The quantitative estimate of drug-likeness (QED) is 0.570. The molecule has 0 spiro atoms. The van der Waals surface area contributed by atoms with Crippen molar-refractivity contribution >= 4 is 17.4 Å².